The molecular weight excluding hydrogens is 228 g/mol. The summed E-state index contributed by atoms with van der Waals surface area (Å²) in [6.07, 6.45) is 9.36. The van der Waals surface area contributed by atoms with Gasteiger partial charge in [-0.05, 0) is 32.8 Å². The van der Waals surface area contributed by atoms with Crippen LogP contribution in [0.2, 0.25) is 0 Å². The zero-order valence-corrected chi connectivity index (χ0v) is 12.1. The van der Waals surface area contributed by atoms with E-state index in [0.29, 0.717) is 19.3 Å². The first-order valence-corrected chi connectivity index (χ1v) is 7.41. The van der Waals surface area contributed by atoms with E-state index in [1.165, 1.54) is 25.7 Å². The van der Waals surface area contributed by atoms with Crippen molar-refractivity contribution in [3.8, 4) is 0 Å². The number of ether oxygens (including phenoxy) is 3. The summed E-state index contributed by atoms with van der Waals surface area (Å²) < 4.78 is 17.1. The van der Waals surface area contributed by atoms with Crippen molar-refractivity contribution in [2.45, 2.75) is 71.7 Å². The number of unbranched alkanes of at least 4 members (excludes halogenated alkanes) is 3. The van der Waals surface area contributed by atoms with Crippen molar-refractivity contribution in [2.75, 3.05) is 13.2 Å². The molecule has 3 nitrogen and oxygen atoms in total. The van der Waals surface area contributed by atoms with E-state index in [9.17, 15) is 0 Å². The second kappa shape index (κ2) is 9.40. The molecule has 0 N–H and O–H groups in total. The molecule has 2 atom stereocenters. The van der Waals surface area contributed by atoms with Crippen molar-refractivity contribution in [2.24, 2.45) is 0 Å². The third-order valence-corrected chi connectivity index (χ3v) is 3.14. The van der Waals surface area contributed by atoms with Crippen molar-refractivity contribution >= 4 is 0 Å². The van der Waals surface area contributed by atoms with Crippen LogP contribution in [0.15, 0.2) is 11.8 Å². The fourth-order valence-corrected chi connectivity index (χ4v) is 2.19. The second-order valence-electron chi connectivity index (χ2n) is 4.67. The van der Waals surface area contributed by atoms with Crippen LogP contribution in [-0.4, -0.2) is 25.6 Å². The van der Waals surface area contributed by atoms with E-state index in [4.69, 9.17) is 14.2 Å². The molecule has 0 aromatic rings. The van der Waals surface area contributed by atoms with E-state index in [1.807, 2.05) is 13.8 Å². The summed E-state index contributed by atoms with van der Waals surface area (Å²) in [4.78, 5) is 0. The van der Waals surface area contributed by atoms with Crippen LogP contribution in [0.5, 0.6) is 0 Å². The normalized spacial score (nSPS) is 23.8. The Kier molecular flexibility index (Phi) is 8.10. The highest BCUT2D eigenvalue weighted by Gasteiger charge is 2.25. The van der Waals surface area contributed by atoms with E-state index in [1.54, 1.807) is 0 Å². The lowest BCUT2D eigenvalue weighted by atomic mass is 10.0. The van der Waals surface area contributed by atoms with Crippen molar-refractivity contribution in [1.29, 1.82) is 0 Å². The lowest BCUT2D eigenvalue weighted by Crippen LogP contribution is -2.31. The standard InChI is InChI=1S/C15H28O3/c1-4-7-8-9-10-13-11-12-14(16-5-2)15(18-13)17-6-3/h12-13,15H,4-11H2,1-3H3/t13-,15-/m1/s1. The number of hydrogen-bond acceptors (Lipinski definition) is 3. The Morgan fingerprint density at radius 2 is 2.00 bits per heavy atom. The van der Waals surface area contributed by atoms with E-state index in [0.717, 1.165) is 18.6 Å². The predicted octanol–water partition coefficient (Wildman–Crippen LogP) is 4.03. The van der Waals surface area contributed by atoms with E-state index in [-0.39, 0.29) is 6.29 Å². The summed E-state index contributed by atoms with van der Waals surface area (Å²) >= 11 is 0. The molecule has 106 valence electrons. The minimum Gasteiger partial charge on any atom is -0.493 e. The number of hydrogen-bond donors (Lipinski definition) is 0. The monoisotopic (exact) mass is 256 g/mol. The molecule has 3 heteroatoms. The molecule has 0 aliphatic carbocycles. The first kappa shape index (κ1) is 15.5. The van der Waals surface area contributed by atoms with Crippen LogP contribution in [0.1, 0.15) is 59.3 Å². The molecule has 0 spiro atoms. The summed E-state index contributed by atoms with van der Waals surface area (Å²) in [5.41, 5.74) is 0. The van der Waals surface area contributed by atoms with Crippen LogP contribution in [0.3, 0.4) is 0 Å². The third kappa shape index (κ3) is 5.40. The van der Waals surface area contributed by atoms with E-state index < -0.39 is 0 Å². The summed E-state index contributed by atoms with van der Waals surface area (Å²) in [6.45, 7) is 7.52. The highest BCUT2D eigenvalue weighted by atomic mass is 16.7. The predicted molar refractivity (Wildman–Crippen MR) is 73.4 cm³/mol. The van der Waals surface area contributed by atoms with Gasteiger partial charge in [0.05, 0.1) is 12.7 Å². The van der Waals surface area contributed by atoms with Crippen LogP contribution in [-0.2, 0) is 14.2 Å². The van der Waals surface area contributed by atoms with E-state index >= 15 is 0 Å². The Bertz CT molecular complexity index is 238. The van der Waals surface area contributed by atoms with Gasteiger partial charge in [0.2, 0.25) is 6.29 Å². The Morgan fingerprint density at radius 3 is 2.67 bits per heavy atom. The van der Waals surface area contributed by atoms with Gasteiger partial charge in [-0.15, -0.1) is 0 Å². The smallest absolute Gasteiger partial charge is 0.216 e. The molecule has 0 bridgehead atoms. The molecule has 0 aromatic carbocycles. The maximum atomic E-state index is 5.96. The Hall–Kier alpha value is -0.540. The first-order valence-electron chi connectivity index (χ1n) is 7.41. The average molecular weight is 256 g/mol. The maximum absolute atomic E-state index is 5.96. The SMILES string of the molecule is CCCCCC[C@@H]1CC=C(OCC)[C@H](OCC)O1. The molecule has 0 unspecified atom stereocenters. The molecule has 0 saturated carbocycles. The summed E-state index contributed by atoms with van der Waals surface area (Å²) in [6, 6.07) is 0. The molecule has 18 heavy (non-hydrogen) atoms. The van der Waals surface area contributed by atoms with Crippen LogP contribution >= 0.6 is 0 Å². The number of rotatable bonds is 9. The molecule has 0 radical (unpaired) electrons. The van der Waals surface area contributed by atoms with Gasteiger partial charge in [0, 0.05) is 6.61 Å². The zero-order valence-electron chi connectivity index (χ0n) is 12.1. The topological polar surface area (TPSA) is 27.7 Å². The van der Waals surface area contributed by atoms with Gasteiger partial charge in [0.25, 0.3) is 0 Å². The lowest BCUT2D eigenvalue weighted by molar-refractivity contribution is -0.175. The van der Waals surface area contributed by atoms with Gasteiger partial charge in [-0.25, -0.2) is 0 Å². The van der Waals surface area contributed by atoms with Gasteiger partial charge in [-0.1, -0.05) is 32.6 Å². The molecule has 0 amide bonds. The van der Waals surface area contributed by atoms with Gasteiger partial charge < -0.3 is 14.2 Å². The molecule has 1 heterocycles. The minimum absolute atomic E-state index is 0.292. The Labute approximate surface area is 111 Å². The quantitative estimate of drug-likeness (QED) is 0.583. The van der Waals surface area contributed by atoms with Crippen molar-refractivity contribution in [3.63, 3.8) is 0 Å². The lowest BCUT2D eigenvalue weighted by Gasteiger charge is -2.30. The Balaban J connectivity index is 2.36. The molecular formula is C15H28O3. The van der Waals surface area contributed by atoms with E-state index in [2.05, 4.69) is 13.0 Å². The summed E-state index contributed by atoms with van der Waals surface area (Å²) in [5.74, 6) is 0.851. The molecule has 1 aliphatic heterocycles. The van der Waals surface area contributed by atoms with Crippen molar-refractivity contribution in [3.05, 3.63) is 11.8 Å². The maximum Gasteiger partial charge on any atom is 0.216 e. The van der Waals surface area contributed by atoms with Crippen molar-refractivity contribution < 1.29 is 14.2 Å². The van der Waals surface area contributed by atoms with Crippen molar-refractivity contribution in [1.82, 2.24) is 0 Å². The summed E-state index contributed by atoms with van der Waals surface area (Å²) in [7, 11) is 0. The van der Waals surface area contributed by atoms with Crippen LogP contribution < -0.4 is 0 Å². The highest BCUT2D eigenvalue weighted by molar-refractivity contribution is 5.02. The minimum atomic E-state index is -0.292. The van der Waals surface area contributed by atoms with Crippen LogP contribution in [0.4, 0.5) is 0 Å². The fourth-order valence-electron chi connectivity index (χ4n) is 2.19. The fraction of sp³-hybridized carbons (Fsp3) is 0.867. The highest BCUT2D eigenvalue weighted by Crippen LogP contribution is 2.24. The average Bonchev–Trinajstić information content (AvgIpc) is 2.38. The molecule has 0 fully saturated rings. The van der Waals surface area contributed by atoms with Gasteiger partial charge >= 0.3 is 0 Å². The zero-order chi connectivity index (χ0) is 13.2. The second-order valence-corrected chi connectivity index (χ2v) is 4.67. The summed E-state index contributed by atoms with van der Waals surface area (Å²) in [5, 5.41) is 0. The van der Waals surface area contributed by atoms with Crippen LogP contribution in [0, 0.1) is 0 Å². The molecule has 1 rings (SSSR count). The van der Waals surface area contributed by atoms with Gasteiger partial charge in [0.15, 0.2) is 0 Å². The molecule has 0 aromatic heterocycles. The Morgan fingerprint density at radius 1 is 1.17 bits per heavy atom. The molecule has 1 aliphatic rings. The van der Waals surface area contributed by atoms with Gasteiger partial charge in [-0.3, -0.25) is 0 Å². The molecule has 0 saturated heterocycles. The van der Waals surface area contributed by atoms with Gasteiger partial charge in [0.1, 0.15) is 5.76 Å². The van der Waals surface area contributed by atoms with Gasteiger partial charge in [-0.2, -0.15) is 0 Å². The van der Waals surface area contributed by atoms with Crippen LogP contribution in [0.25, 0.3) is 0 Å². The largest absolute Gasteiger partial charge is 0.493 e. The third-order valence-electron chi connectivity index (χ3n) is 3.14. The first-order chi connectivity index (χ1) is 8.81.